The van der Waals surface area contributed by atoms with Gasteiger partial charge in [0, 0.05) is 37.8 Å². The maximum Gasteiger partial charge on any atom is 0.0434 e. The van der Waals surface area contributed by atoms with Gasteiger partial charge in [-0.2, -0.15) is 0 Å². The number of benzene rings is 1. The number of anilines is 1. The summed E-state index contributed by atoms with van der Waals surface area (Å²) in [7, 11) is 0. The molecule has 3 aliphatic heterocycles. The van der Waals surface area contributed by atoms with Gasteiger partial charge in [0.15, 0.2) is 0 Å². The molecule has 4 rings (SSSR count). The summed E-state index contributed by atoms with van der Waals surface area (Å²) in [6.07, 6.45) is 2.62. The van der Waals surface area contributed by atoms with Crippen LogP contribution in [-0.2, 0) is 6.42 Å². The average molecular weight is 214 g/mol. The van der Waals surface area contributed by atoms with Crippen molar-refractivity contribution < 1.29 is 0 Å². The Morgan fingerprint density at radius 1 is 1.25 bits per heavy atom. The molecule has 1 aromatic rings. The zero-order chi connectivity index (χ0) is 10.5. The van der Waals surface area contributed by atoms with E-state index < -0.39 is 0 Å². The average Bonchev–Trinajstić information content (AvgIpc) is 2.78. The molecule has 84 valence electrons. The van der Waals surface area contributed by atoms with Gasteiger partial charge in [-0.15, -0.1) is 0 Å². The largest absolute Gasteiger partial charge is 0.371 e. The van der Waals surface area contributed by atoms with E-state index in [1.807, 2.05) is 0 Å². The van der Waals surface area contributed by atoms with Crippen LogP contribution in [0.25, 0.3) is 0 Å². The van der Waals surface area contributed by atoms with E-state index in [-0.39, 0.29) is 0 Å². The van der Waals surface area contributed by atoms with Gasteiger partial charge in [0.2, 0.25) is 0 Å². The van der Waals surface area contributed by atoms with Crippen LogP contribution in [0.2, 0.25) is 0 Å². The fourth-order valence-corrected chi connectivity index (χ4v) is 3.82. The van der Waals surface area contributed by atoms with Crippen molar-refractivity contribution >= 4 is 5.69 Å². The van der Waals surface area contributed by atoms with Crippen molar-refractivity contribution in [3.05, 3.63) is 29.3 Å². The van der Waals surface area contributed by atoms with Crippen molar-refractivity contribution in [2.75, 3.05) is 31.1 Å². The van der Waals surface area contributed by atoms with E-state index in [2.05, 4.69) is 28.4 Å². The van der Waals surface area contributed by atoms with Crippen LogP contribution in [0.1, 0.15) is 23.5 Å². The van der Waals surface area contributed by atoms with Crippen molar-refractivity contribution in [1.82, 2.24) is 5.32 Å². The molecule has 2 atom stereocenters. The SMILES string of the molecule is c1cc2c3c(c1)C1CNCC1CN3CCC2. The summed E-state index contributed by atoms with van der Waals surface area (Å²) < 4.78 is 0. The monoisotopic (exact) mass is 214 g/mol. The van der Waals surface area contributed by atoms with E-state index in [9.17, 15) is 0 Å². The molecule has 1 aromatic carbocycles. The van der Waals surface area contributed by atoms with Crippen LogP contribution >= 0.6 is 0 Å². The van der Waals surface area contributed by atoms with Crippen LogP contribution in [0.4, 0.5) is 5.69 Å². The van der Waals surface area contributed by atoms with Gasteiger partial charge in [0.25, 0.3) is 0 Å². The number of nitrogens with zero attached hydrogens (tertiary/aromatic N) is 1. The van der Waals surface area contributed by atoms with Crippen LogP contribution in [0.5, 0.6) is 0 Å². The fraction of sp³-hybridized carbons (Fsp3) is 0.571. The molecule has 3 aliphatic rings. The highest BCUT2D eigenvalue weighted by Gasteiger charge is 2.38. The minimum atomic E-state index is 0.782. The van der Waals surface area contributed by atoms with Gasteiger partial charge in [-0.25, -0.2) is 0 Å². The Labute approximate surface area is 96.6 Å². The lowest BCUT2D eigenvalue weighted by molar-refractivity contribution is 0.470. The lowest BCUT2D eigenvalue weighted by atomic mass is 9.80. The molecule has 1 saturated heterocycles. The van der Waals surface area contributed by atoms with Crippen molar-refractivity contribution in [3.8, 4) is 0 Å². The first-order valence-electron chi connectivity index (χ1n) is 6.51. The molecule has 0 saturated carbocycles. The molecule has 0 bridgehead atoms. The van der Waals surface area contributed by atoms with Gasteiger partial charge in [0.05, 0.1) is 0 Å². The Bertz CT molecular complexity index is 427. The number of nitrogens with one attached hydrogen (secondary N) is 1. The van der Waals surface area contributed by atoms with Gasteiger partial charge in [-0.3, -0.25) is 0 Å². The smallest absolute Gasteiger partial charge is 0.0434 e. The third-order valence-electron chi connectivity index (χ3n) is 4.54. The quantitative estimate of drug-likeness (QED) is 0.708. The second-order valence-electron chi connectivity index (χ2n) is 5.43. The Hall–Kier alpha value is -1.02. The molecular weight excluding hydrogens is 196 g/mol. The fourth-order valence-electron chi connectivity index (χ4n) is 3.82. The van der Waals surface area contributed by atoms with Crippen LogP contribution in [-0.4, -0.2) is 26.2 Å². The summed E-state index contributed by atoms with van der Waals surface area (Å²) in [6, 6.07) is 6.95. The molecule has 1 fully saturated rings. The standard InChI is InChI=1S/C14H18N2/c1-3-10-4-2-6-16-9-11-7-15-8-13(11)12(5-1)14(10)16/h1,3,5,11,13,15H,2,4,6-9H2. The van der Waals surface area contributed by atoms with Gasteiger partial charge in [-0.05, 0) is 29.9 Å². The number of hydrogen-bond acceptors (Lipinski definition) is 2. The molecule has 16 heavy (non-hydrogen) atoms. The molecular formula is C14H18N2. The normalized spacial score (nSPS) is 31.1. The van der Waals surface area contributed by atoms with E-state index >= 15 is 0 Å². The van der Waals surface area contributed by atoms with Crippen LogP contribution in [0.3, 0.4) is 0 Å². The highest BCUT2D eigenvalue weighted by molar-refractivity contribution is 5.64. The van der Waals surface area contributed by atoms with Crippen LogP contribution in [0, 0.1) is 5.92 Å². The minimum absolute atomic E-state index is 0.782. The van der Waals surface area contributed by atoms with Crippen molar-refractivity contribution in [1.29, 1.82) is 0 Å². The molecule has 0 spiro atoms. The summed E-state index contributed by atoms with van der Waals surface area (Å²) in [6.45, 7) is 4.95. The number of rotatable bonds is 0. The molecule has 0 aromatic heterocycles. The van der Waals surface area contributed by atoms with Gasteiger partial charge >= 0.3 is 0 Å². The highest BCUT2D eigenvalue weighted by atomic mass is 15.2. The second kappa shape index (κ2) is 3.24. The molecule has 1 N–H and O–H groups in total. The number of fused-ring (bicyclic) bond motifs is 2. The zero-order valence-electron chi connectivity index (χ0n) is 9.58. The Kier molecular flexibility index (Phi) is 1.83. The zero-order valence-corrected chi connectivity index (χ0v) is 9.58. The maximum atomic E-state index is 3.56. The van der Waals surface area contributed by atoms with E-state index in [0.717, 1.165) is 11.8 Å². The predicted molar refractivity (Wildman–Crippen MR) is 66.1 cm³/mol. The van der Waals surface area contributed by atoms with Crippen molar-refractivity contribution in [3.63, 3.8) is 0 Å². The predicted octanol–water partition coefficient (Wildman–Crippen LogP) is 1.76. The maximum absolute atomic E-state index is 3.56. The van der Waals surface area contributed by atoms with E-state index in [1.54, 1.807) is 16.8 Å². The Balaban J connectivity index is 1.90. The first kappa shape index (κ1) is 9.06. The van der Waals surface area contributed by atoms with Crippen LogP contribution in [0.15, 0.2) is 18.2 Å². The van der Waals surface area contributed by atoms with Crippen LogP contribution < -0.4 is 10.2 Å². The third kappa shape index (κ3) is 1.11. The molecule has 0 radical (unpaired) electrons. The topological polar surface area (TPSA) is 15.3 Å². The summed E-state index contributed by atoms with van der Waals surface area (Å²) in [5.74, 6) is 1.63. The molecule has 3 heterocycles. The highest BCUT2D eigenvalue weighted by Crippen LogP contribution is 2.43. The first-order valence-corrected chi connectivity index (χ1v) is 6.51. The second-order valence-corrected chi connectivity index (χ2v) is 5.43. The first-order chi connectivity index (χ1) is 7.93. The Morgan fingerprint density at radius 3 is 3.25 bits per heavy atom. The minimum Gasteiger partial charge on any atom is -0.371 e. The number of hydrogen-bond donors (Lipinski definition) is 1. The molecule has 2 heteroatoms. The molecule has 0 aliphatic carbocycles. The lowest BCUT2D eigenvalue weighted by Crippen LogP contribution is -2.40. The Morgan fingerprint density at radius 2 is 2.25 bits per heavy atom. The van der Waals surface area contributed by atoms with E-state index in [0.29, 0.717) is 0 Å². The lowest BCUT2D eigenvalue weighted by Gasteiger charge is -2.41. The van der Waals surface area contributed by atoms with Crippen molar-refractivity contribution in [2.24, 2.45) is 5.92 Å². The van der Waals surface area contributed by atoms with Gasteiger partial charge < -0.3 is 10.2 Å². The van der Waals surface area contributed by atoms with Crippen molar-refractivity contribution in [2.45, 2.75) is 18.8 Å². The van der Waals surface area contributed by atoms with Gasteiger partial charge in [0.1, 0.15) is 0 Å². The molecule has 2 unspecified atom stereocenters. The van der Waals surface area contributed by atoms with Gasteiger partial charge in [-0.1, -0.05) is 18.2 Å². The molecule has 0 amide bonds. The summed E-state index contributed by atoms with van der Waals surface area (Å²) >= 11 is 0. The number of para-hydroxylation sites is 1. The summed E-state index contributed by atoms with van der Waals surface area (Å²) in [4.78, 5) is 2.64. The number of aryl methyl sites for hydroxylation is 1. The summed E-state index contributed by atoms with van der Waals surface area (Å²) in [5, 5.41) is 3.56. The summed E-state index contributed by atoms with van der Waals surface area (Å²) in [5.41, 5.74) is 4.81. The molecule has 2 nitrogen and oxygen atoms in total. The third-order valence-corrected chi connectivity index (χ3v) is 4.54. The van der Waals surface area contributed by atoms with E-state index in [1.165, 1.54) is 39.0 Å². The van der Waals surface area contributed by atoms with E-state index in [4.69, 9.17) is 0 Å².